The monoisotopic (exact) mass is 177 g/mol. The molecule has 1 N–H and O–H groups in total. The molecule has 70 valence electrons. The van der Waals surface area contributed by atoms with Crippen molar-refractivity contribution in [3.63, 3.8) is 0 Å². The first kappa shape index (κ1) is 9.81. The Labute approximate surface area is 79.2 Å². The molecule has 0 unspecified atom stereocenters. The number of benzene rings is 1. The van der Waals surface area contributed by atoms with Crippen LogP contribution < -0.4 is 5.48 Å². The lowest BCUT2D eigenvalue weighted by atomic mass is 10.2. The summed E-state index contributed by atoms with van der Waals surface area (Å²) >= 11 is 0. The zero-order valence-corrected chi connectivity index (χ0v) is 8.08. The maximum atomic E-state index is 5.21. The van der Waals surface area contributed by atoms with E-state index in [-0.39, 0.29) is 6.10 Å². The summed E-state index contributed by atoms with van der Waals surface area (Å²) in [5, 5.41) is 0. The van der Waals surface area contributed by atoms with Gasteiger partial charge in [0.2, 0.25) is 0 Å². The van der Waals surface area contributed by atoms with Crippen LogP contribution in [0.5, 0.6) is 0 Å². The van der Waals surface area contributed by atoms with Crippen molar-refractivity contribution in [3.8, 4) is 0 Å². The molecule has 1 rings (SSSR count). The molecule has 2 nitrogen and oxygen atoms in total. The molecule has 0 radical (unpaired) electrons. The SMILES string of the molecule is C=C(NOC(C)C)c1ccccc1. The van der Waals surface area contributed by atoms with Crippen LogP contribution in [-0.4, -0.2) is 6.10 Å². The molecule has 2 heteroatoms. The van der Waals surface area contributed by atoms with Crippen molar-refractivity contribution in [1.82, 2.24) is 5.48 Å². The van der Waals surface area contributed by atoms with E-state index in [4.69, 9.17) is 4.84 Å². The third kappa shape index (κ3) is 3.30. The van der Waals surface area contributed by atoms with E-state index in [0.29, 0.717) is 0 Å². The van der Waals surface area contributed by atoms with Gasteiger partial charge >= 0.3 is 0 Å². The molecule has 0 amide bonds. The Morgan fingerprint density at radius 2 is 1.92 bits per heavy atom. The molecule has 13 heavy (non-hydrogen) atoms. The van der Waals surface area contributed by atoms with Crippen LogP contribution in [0.2, 0.25) is 0 Å². The molecule has 0 saturated heterocycles. The van der Waals surface area contributed by atoms with Crippen molar-refractivity contribution in [2.45, 2.75) is 20.0 Å². The smallest absolute Gasteiger partial charge is 0.0797 e. The van der Waals surface area contributed by atoms with Gasteiger partial charge in [0.25, 0.3) is 0 Å². The maximum Gasteiger partial charge on any atom is 0.0797 e. The van der Waals surface area contributed by atoms with E-state index in [2.05, 4.69) is 12.1 Å². The van der Waals surface area contributed by atoms with Crippen LogP contribution in [0.25, 0.3) is 5.70 Å². The molecule has 0 spiro atoms. The lowest BCUT2D eigenvalue weighted by molar-refractivity contribution is 0.0276. The third-order valence-electron chi connectivity index (χ3n) is 1.54. The number of hydrogen-bond acceptors (Lipinski definition) is 2. The molecule has 0 fully saturated rings. The summed E-state index contributed by atoms with van der Waals surface area (Å²) in [6.07, 6.45) is 0.153. The van der Waals surface area contributed by atoms with Gasteiger partial charge in [-0.15, -0.1) is 0 Å². The lowest BCUT2D eigenvalue weighted by Crippen LogP contribution is -2.17. The Bertz CT molecular complexity index is 267. The van der Waals surface area contributed by atoms with E-state index in [1.807, 2.05) is 44.2 Å². The van der Waals surface area contributed by atoms with Gasteiger partial charge in [-0.3, -0.25) is 10.3 Å². The van der Waals surface area contributed by atoms with Crippen LogP contribution in [0.4, 0.5) is 0 Å². The van der Waals surface area contributed by atoms with Crippen LogP contribution in [-0.2, 0) is 4.84 Å². The van der Waals surface area contributed by atoms with Crippen LogP contribution in [0, 0.1) is 0 Å². The number of rotatable bonds is 4. The summed E-state index contributed by atoms with van der Waals surface area (Å²) in [7, 11) is 0. The molecular weight excluding hydrogens is 162 g/mol. The second-order valence-corrected chi connectivity index (χ2v) is 3.11. The first-order valence-electron chi connectivity index (χ1n) is 4.36. The minimum absolute atomic E-state index is 0.153. The number of nitrogens with one attached hydrogen (secondary N) is 1. The van der Waals surface area contributed by atoms with Gasteiger partial charge in [-0.25, -0.2) is 0 Å². The van der Waals surface area contributed by atoms with Crippen LogP contribution in [0.1, 0.15) is 19.4 Å². The molecule has 1 aromatic carbocycles. The van der Waals surface area contributed by atoms with Gasteiger partial charge in [-0.05, 0) is 19.4 Å². The maximum absolute atomic E-state index is 5.21. The summed E-state index contributed by atoms with van der Waals surface area (Å²) in [5.74, 6) is 0. The Morgan fingerprint density at radius 3 is 2.46 bits per heavy atom. The Kier molecular flexibility index (Phi) is 3.53. The van der Waals surface area contributed by atoms with E-state index >= 15 is 0 Å². The fraction of sp³-hybridized carbons (Fsp3) is 0.273. The molecule has 1 aromatic rings. The van der Waals surface area contributed by atoms with E-state index in [0.717, 1.165) is 11.3 Å². The third-order valence-corrected chi connectivity index (χ3v) is 1.54. The fourth-order valence-corrected chi connectivity index (χ4v) is 0.887. The van der Waals surface area contributed by atoms with Crippen molar-refractivity contribution in [1.29, 1.82) is 0 Å². The average Bonchev–Trinajstić information content (AvgIpc) is 2.15. The highest BCUT2D eigenvalue weighted by Gasteiger charge is 1.97. The molecule has 0 atom stereocenters. The predicted molar refractivity (Wildman–Crippen MR) is 54.8 cm³/mol. The van der Waals surface area contributed by atoms with E-state index in [1.54, 1.807) is 0 Å². The zero-order chi connectivity index (χ0) is 9.68. The van der Waals surface area contributed by atoms with Gasteiger partial charge < -0.3 is 0 Å². The van der Waals surface area contributed by atoms with Gasteiger partial charge in [-0.1, -0.05) is 36.9 Å². The van der Waals surface area contributed by atoms with E-state index in [9.17, 15) is 0 Å². The molecule has 0 aliphatic heterocycles. The summed E-state index contributed by atoms with van der Waals surface area (Å²) in [6.45, 7) is 7.79. The summed E-state index contributed by atoms with van der Waals surface area (Å²) < 4.78 is 0. The summed E-state index contributed by atoms with van der Waals surface area (Å²) in [5.41, 5.74) is 4.63. The minimum atomic E-state index is 0.153. The number of hydroxylamine groups is 1. The van der Waals surface area contributed by atoms with Crippen molar-refractivity contribution < 1.29 is 4.84 Å². The molecule has 0 heterocycles. The molecular formula is C11H15NO. The first-order chi connectivity index (χ1) is 6.20. The van der Waals surface area contributed by atoms with E-state index < -0.39 is 0 Å². The Balaban J connectivity index is 2.50. The predicted octanol–water partition coefficient (Wildman–Crippen LogP) is 2.59. The van der Waals surface area contributed by atoms with Crippen molar-refractivity contribution in [2.24, 2.45) is 0 Å². The normalized spacial score (nSPS) is 10.1. The lowest BCUT2D eigenvalue weighted by Gasteiger charge is -2.11. The number of hydrogen-bond donors (Lipinski definition) is 1. The molecule has 0 bridgehead atoms. The zero-order valence-electron chi connectivity index (χ0n) is 8.08. The van der Waals surface area contributed by atoms with Crippen molar-refractivity contribution in [3.05, 3.63) is 42.5 Å². The molecule has 0 aliphatic carbocycles. The van der Waals surface area contributed by atoms with Crippen LogP contribution in [0.3, 0.4) is 0 Å². The highest BCUT2D eigenvalue weighted by atomic mass is 16.7. The Morgan fingerprint density at radius 1 is 1.31 bits per heavy atom. The standard InChI is InChI=1S/C11H15NO/c1-9(2)13-12-10(3)11-7-5-4-6-8-11/h4-9,12H,3H2,1-2H3. The van der Waals surface area contributed by atoms with Gasteiger partial charge in [0.1, 0.15) is 0 Å². The Hall–Kier alpha value is -1.28. The largest absolute Gasteiger partial charge is 0.273 e. The van der Waals surface area contributed by atoms with Gasteiger partial charge in [0, 0.05) is 0 Å². The van der Waals surface area contributed by atoms with Gasteiger partial charge in [0.15, 0.2) is 0 Å². The summed E-state index contributed by atoms with van der Waals surface area (Å²) in [4.78, 5) is 5.21. The second-order valence-electron chi connectivity index (χ2n) is 3.11. The van der Waals surface area contributed by atoms with Crippen molar-refractivity contribution >= 4 is 5.70 Å². The average molecular weight is 177 g/mol. The molecule has 0 aromatic heterocycles. The second kappa shape index (κ2) is 4.67. The summed E-state index contributed by atoms with van der Waals surface area (Å²) in [6, 6.07) is 9.88. The van der Waals surface area contributed by atoms with Crippen LogP contribution in [0.15, 0.2) is 36.9 Å². The van der Waals surface area contributed by atoms with E-state index in [1.165, 1.54) is 0 Å². The van der Waals surface area contributed by atoms with Crippen LogP contribution >= 0.6 is 0 Å². The minimum Gasteiger partial charge on any atom is -0.273 e. The first-order valence-corrected chi connectivity index (χ1v) is 4.36. The highest BCUT2D eigenvalue weighted by molar-refractivity contribution is 5.60. The molecule has 0 aliphatic rings. The quantitative estimate of drug-likeness (QED) is 0.714. The van der Waals surface area contributed by atoms with Gasteiger partial charge in [-0.2, -0.15) is 0 Å². The molecule has 0 saturated carbocycles. The fourth-order valence-electron chi connectivity index (χ4n) is 0.887. The topological polar surface area (TPSA) is 21.3 Å². The van der Waals surface area contributed by atoms with Gasteiger partial charge in [0.05, 0.1) is 11.8 Å². The highest BCUT2D eigenvalue weighted by Crippen LogP contribution is 2.08. The van der Waals surface area contributed by atoms with Crippen molar-refractivity contribution in [2.75, 3.05) is 0 Å².